The van der Waals surface area contributed by atoms with Gasteiger partial charge in [0.25, 0.3) is 0 Å². The Kier molecular flexibility index (Phi) is 3.30. The Morgan fingerprint density at radius 1 is 1.54 bits per heavy atom. The van der Waals surface area contributed by atoms with Gasteiger partial charge in [-0.25, -0.2) is 0 Å². The van der Waals surface area contributed by atoms with Crippen molar-refractivity contribution in [2.75, 3.05) is 6.61 Å². The largest absolute Gasteiger partial charge is 0.507 e. The average molecular weight is 246 g/mol. The smallest absolute Gasteiger partial charge is 0.123 e. The van der Waals surface area contributed by atoms with E-state index in [9.17, 15) is 5.11 Å². The van der Waals surface area contributed by atoms with Crippen molar-refractivity contribution >= 4 is 15.9 Å². The molecule has 4 N–H and O–H groups in total. The predicted octanol–water partition coefficient (Wildman–Crippen LogP) is 1.46. The monoisotopic (exact) mass is 245 g/mol. The van der Waals surface area contributed by atoms with Crippen molar-refractivity contribution in [3.63, 3.8) is 0 Å². The molecule has 1 atom stereocenters. The van der Waals surface area contributed by atoms with E-state index in [1.54, 1.807) is 19.1 Å². The van der Waals surface area contributed by atoms with Crippen LogP contribution in [0.3, 0.4) is 0 Å². The van der Waals surface area contributed by atoms with Gasteiger partial charge in [-0.05, 0) is 24.6 Å². The third-order valence-corrected chi connectivity index (χ3v) is 2.35. The number of nitrogens with two attached hydrogens (primary N) is 1. The molecule has 0 aliphatic rings. The number of hydrogen-bond acceptors (Lipinski definition) is 3. The van der Waals surface area contributed by atoms with Crippen LogP contribution in [0.25, 0.3) is 0 Å². The van der Waals surface area contributed by atoms with E-state index in [4.69, 9.17) is 10.8 Å². The van der Waals surface area contributed by atoms with Crippen LogP contribution in [0.15, 0.2) is 16.6 Å². The van der Waals surface area contributed by atoms with Gasteiger partial charge >= 0.3 is 0 Å². The molecule has 1 aromatic rings. The molecule has 0 bridgehead atoms. The molecule has 72 valence electrons. The SMILES string of the molecule is Cc1cc(Br)cc([C@H](N)CO)c1O. The van der Waals surface area contributed by atoms with Crippen LogP contribution in [0.5, 0.6) is 5.75 Å². The Labute approximate surface area is 85.3 Å². The van der Waals surface area contributed by atoms with Crippen molar-refractivity contribution in [1.82, 2.24) is 0 Å². The molecule has 4 heteroatoms. The van der Waals surface area contributed by atoms with Gasteiger partial charge in [0.2, 0.25) is 0 Å². The summed E-state index contributed by atoms with van der Waals surface area (Å²) < 4.78 is 0.849. The Bertz CT molecular complexity index is 315. The Morgan fingerprint density at radius 2 is 2.15 bits per heavy atom. The number of aryl methyl sites for hydroxylation is 1. The first-order chi connectivity index (χ1) is 6.06. The predicted molar refractivity (Wildman–Crippen MR) is 54.6 cm³/mol. The van der Waals surface area contributed by atoms with Gasteiger partial charge in [0.15, 0.2) is 0 Å². The number of aromatic hydroxyl groups is 1. The van der Waals surface area contributed by atoms with Crippen molar-refractivity contribution in [1.29, 1.82) is 0 Å². The molecular weight excluding hydrogens is 234 g/mol. The van der Waals surface area contributed by atoms with Gasteiger partial charge in [0, 0.05) is 10.0 Å². The van der Waals surface area contributed by atoms with Gasteiger partial charge < -0.3 is 15.9 Å². The Morgan fingerprint density at radius 3 is 2.69 bits per heavy atom. The van der Waals surface area contributed by atoms with Crippen molar-refractivity contribution < 1.29 is 10.2 Å². The lowest BCUT2D eigenvalue weighted by Crippen LogP contribution is -2.14. The van der Waals surface area contributed by atoms with Crippen molar-refractivity contribution in [2.24, 2.45) is 5.73 Å². The number of halogens is 1. The first-order valence-corrected chi connectivity index (χ1v) is 4.71. The Hall–Kier alpha value is -0.580. The highest BCUT2D eigenvalue weighted by Crippen LogP contribution is 2.29. The maximum atomic E-state index is 9.61. The summed E-state index contributed by atoms with van der Waals surface area (Å²) >= 11 is 3.30. The van der Waals surface area contributed by atoms with Crippen LogP contribution in [-0.4, -0.2) is 16.8 Å². The molecule has 0 radical (unpaired) electrons. The van der Waals surface area contributed by atoms with Gasteiger partial charge in [-0.1, -0.05) is 15.9 Å². The van der Waals surface area contributed by atoms with Crippen LogP contribution in [0, 0.1) is 6.92 Å². The fourth-order valence-electron chi connectivity index (χ4n) is 1.14. The van der Waals surface area contributed by atoms with Crippen molar-refractivity contribution in [3.05, 3.63) is 27.7 Å². The second kappa shape index (κ2) is 4.09. The molecule has 3 nitrogen and oxygen atoms in total. The number of rotatable bonds is 2. The normalized spacial score (nSPS) is 12.9. The number of hydrogen-bond donors (Lipinski definition) is 3. The summed E-state index contributed by atoms with van der Waals surface area (Å²) in [5.41, 5.74) is 6.91. The molecule has 0 saturated carbocycles. The van der Waals surface area contributed by atoms with Crippen LogP contribution >= 0.6 is 15.9 Å². The van der Waals surface area contributed by atoms with Crippen LogP contribution in [0.4, 0.5) is 0 Å². The van der Waals surface area contributed by atoms with E-state index in [2.05, 4.69) is 15.9 Å². The van der Waals surface area contributed by atoms with Crippen LogP contribution in [0.2, 0.25) is 0 Å². The summed E-state index contributed by atoms with van der Waals surface area (Å²) in [6.45, 7) is 1.61. The van der Waals surface area contributed by atoms with E-state index < -0.39 is 6.04 Å². The molecule has 0 unspecified atom stereocenters. The molecule has 1 rings (SSSR count). The standard InChI is InChI=1S/C9H12BrNO2/c1-5-2-6(10)3-7(9(5)13)8(11)4-12/h2-3,8,12-13H,4,11H2,1H3/t8-/m1/s1. The number of benzene rings is 1. The second-order valence-electron chi connectivity index (χ2n) is 2.95. The van der Waals surface area contributed by atoms with Gasteiger partial charge in [0.1, 0.15) is 5.75 Å². The maximum Gasteiger partial charge on any atom is 0.123 e. The molecule has 0 aliphatic heterocycles. The van der Waals surface area contributed by atoms with E-state index in [0.717, 1.165) is 10.0 Å². The molecule has 0 heterocycles. The highest BCUT2D eigenvalue weighted by molar-refractivity contribution is 9.10. The zero-order chi connectivity index (χ0) is 10.0. The summed E-state index contributed by atoms with van der Waals surface area (Å²) in [5.74, 6) is 0.157. The van der Waals surface area contributed by atoms with Crippen molar-refractivity contribution in [3.8, 4) is 5.75 Å². The highest BCUT2D eigenvalue weighted by atomic mass is 79.9. The molecule has 0 amide bonds. The zero-order valence-corrected chi connectivity index (χ0v) is 8.87. The van der Waals surface area contributed by atoms with E-state index in [0.29, 0.717) is 5.56 Å². The third-order valence-electron chi connectivity index (χ3n) is 1.89. The van der Waals surface area contributed by atoms with Crippen LogP contribution in [0.1, 0.15) is 17.2 Å². The molecule has 0 aliphatic carbocycles. The van der Waals surface area contributed by atoms with E-state index in [1.807, 2.05) is 0 Å². The summed E-state index contributed by atoms with van der Waals surface area (Å²) in [6.07, 6.45) is 0. The minimum Gasteiger partial charge on any atom is -0.507 e. The molecule has 0 saturated heterocycles. The van der Waals surface area contributed by atoms with Gasteiger partial charge in [0.05, 0.1) is 12.6 Å². The Balaban J connectivity index is 3.20. The van der Waals surface area contributed by atoms with Crippen LogP contribution < -0.4 is 5.73 Å². The van der Waals surface area contributed by atoms with Gasteiger partial charge in [-0.15, -0.1) is 0 Å². The fourth-order valence-corrected chi connectivity index (χ4v) is 1.73. The molecule has 0 fully saturated rings. The summed E-state index contributed by atoms with van der Waals surface area (Å²) in [6, 6.07) is 2.97. The van der Waals surface area contributed by atoms with Crippen molar-refractivity contribution in [2.45, 2.75) is 13.0 Å². The first-order valence-electron chi connectivity index (χ1n) is 3.91. The number of phenolic OH excluding ortho intramolecular Hbond substituents is 1. The lowest BCUT2D eigenvalue weighted by molar-refractivity contribution is 0.265. The van der Waals surface area contributed by atoms with Crippen LogP contribution in [-0.2, 0) is 0 Å². The van der Waals surface area contributed by atoms with Gasteiger partial charge in [-0.3, -0.25) is 0 Å². The summed E-state index contributed by atoms with van der Waals surface area (Å²) in [5, 5.41) is 18.5. The lowest BCUT2D eigenvalue weighted by atomic mass is 10.0. The number of aliphatic hydroxyl groups is 1. The molecular formula is C9H12BrNO2. The summed E-state index contributed by atoms with van der Waals surface area (Å²) in [7, 11) is 0. The van der Waals surface area contributed by atoms with E-state index >= 15 is 0 Å². The quantitative estimate of drug-likeness (QED) is 0.739. The molecule has 0 aromatic heterocycles. The first kappa shape index (κ1) is 10.5. The van der Waals surface area contributed by atoms with Gasteiger partial charge in [-0.2, -0.15) is 0 Å². The minimum atomic E-state index is -0.531. The highest BCUT2D eigenvalue weighted by Gasteiger charge is 2.12. The molecule has 1 aromatic carbocycles. The molecule has 13 heavy (non-hydrogen) atoms. The van der Waals surface area contributed by atoms with E-state index in [1.165, 1.54) is 0 Å². The average Bonchev–Trinajstić information content (AvgIpc) is 2.10. The topological polar surface area (TPSA) is 66.5 Å². The molecule has 0 spiro atoms. The van der Waals surface area contributed by atoms with E-state index in [-0.39, 0.29) is 12.4 Å². The third kappa shape index (κ3) is 2.21. The lowest BCUT2D eigenvalue weighted by Gasteiger charge is -2.12. The second-order valence-corrected chi connectivity index (χ2v) is 3.87. The summed E-state index contributed by atoms with van der Waals surface area (Å²) in [4.78, 5) is 0. The maximum absolute atomic E-state index is 9.61. The fraction of sp³-hybridized carbons (Fsp3) is 0.333. The number of aliphatic hydroxyl groups excluding tert-OH is 1. The number of phenols is 1. The zero-order valence-electron chi connectivity index (χ0n) is 7.29. The minimum absolute atomic E-state index is 0.157.